The molecule has 0 aliphatic carbocycles. The third-order valence-electron chi connectivity index (χ3n) is 3.28. The zero-order valence-corrected chi connectivity index (χ0v) is 12.2. The second-order valence-electron chi connectivity index (χ2n) is 4.87. The highest BCUT2D eigenvalue weighted by Crippen LogP contribution is 2.06. The number of amides is 1. The van der Waals surface area contributed by atoms with Crippen molar-refractivity contribution in [2.75, 3.05) is 6.54 Å². The van der Waals surface area contributed by atoms with E-state index < -0.39 is 0 Å². The van der Waals surface area contributed by atoms with E-state index in [0.29, 0.717) is 18.8 Å². The third-order valence-corrected chi connectivity index (χ3v) is 3.28. The molecular weight excluding hydrogens is 254 g/mol. The fourth-order valence-electron chi connectivity index (χ4n) is 2.17. The lowest BCUT2D eigenvalue weighted by Crippen LogP contribution is -2.27. The number of nitrogens with one attached hydrogen (secondary N) is 2. The zero-order chi connectivity index (χ0) is 14.5. The molecule has 0 bridgehead atoms. The van der Waals surface area contributed by atoms with Crippen LogP contribution in [0.3, 0.4) is 0 Å². The van der Waals surface area contributed by atoms with Gasteiger partial charge in [0.15, 0.2) is 0 Å². The van der Waals surface area contributed by atoms with Crippen LogP contribution in [0.5, 0.6) is 0 Å². The molecule has 108 valence electrons. The number of H-pyrrole nitrogens is 1. The van der Waals surface area contributed by atoms with E-state index in [1.165, 1.54) is 5.56 Å². The van der Waals surface area contributed by atoms with Crippen molar-refractivity contribution in [2.45, 2.75) is 40.2 Å². The lowest BCUT2D eigenvalue weighted by atomic mass is 10.1. The Hall–Kier alpha value is -2.11. The summed E-state index contributed by atoms with van der Waals surface area (Å²) in [5, 5.41) is 14.1. The van der Waals surface area contributed by atoms with Crippen molar-refractivity contribution in [3.05, 3.63) is 34.9 Å². The maximum absolute atomic E-state index is 12.1. The second-order valence-corrected chi connectivity index (χ2v) is 4.87. The highest BCUT2D eigenvalue weighted by Gasteiger charge is 2.12. The summed E-state index contributed by atoms with van der Waals surface area (Å²) in [6, 6.07) is 1.82. The molecule has 0 aliphatic heterocycles. The Labute approximate surface area is 118 Å². The van der Waals surface area contributed by atoms with Gasteiger partial charge in [-0.1, -0.05) is 0 Å². The molecule has 1 amide bonds. The molecule has 2 aromatic rings. The topological polar surface area (TPSA) is 75.6 Å². The van der Waals surface area contributed by atoms with Gasteiger partial charge in [0.25, 0.3) is 5.91 Å². The molecule has 6 heteroatoms. The second kappa shape index (κ2) is 6.36. The van der Waals surface area contributed by atoms with Gasteiger partial charge in [0.1, 0.15) is 5.69 Å². The largest absolute Gasteiger partial charge is 0.351 e. The highest BCUT2D eigenvalue weighted by molar-refractivity contribution is 5.92. The summed E-state index contributed by atoms with van der Waals surface area (Å²) in [6.45, 7) is 7.22. The van der Waals surface area contributed by atoms with Crippen LogP contribution in [0.1, 0.15) is 40.8 Å². The number of aryl methyl sites for hydroxylation is 4. The molecule has 0 aromatic carbocycles. The van der Waals surface area contributed by atoms with E-state index in [2.05, 4.69) is 20.6 Å². The lowest BCUT2D eigenvalue weighted by Gasteiger charge is -2.06. The molecule has 2 aromatic heterocycles. The molecule has 0 fully saturated rings. The van der Waals surface area contributed by atoms with E-state index in [-0.39, 0.29) is 5.91 Å². The van der Waals surface area contributed by atoms with Crippen LogP contribution in [-0.4, -0.2) is 32.4 Å². The number of carbonyl (C=O) groups is 1. The number of aromatic nitrogens is 4. The Kier molecular flexibility index (Phi) is 4.55. The quantitative estimate of drug-likeness (QED) is 0.786. The van der Waals surface area contributed by atoms with Crippen molar-refractivity contribution in [2.24, 2.45) is 0 Å². The minimum Gasteiger partial charge on any atom is -0.351 e. The number of aromatic amines is 1. The van der Waals surface area contributed by atoms with Gasteiger partial charge < -0.3 is 5.32 Å². The predicted molar refractivity (Wildman–Crippen MR) is 76.6 cm³/mol. The SMILES string of the molecule is CCn1nc(C)cc1C(=O)NCCCc1cn[nH]c1C. The Balaban J connectivity index is 1.82. The van der Waals surface area contributed by atoms with Gasteiger partial charge in [-0.15, -0.1) is 0 Å². The molecule has 2 rings (SSSR count). The van der Waals surface area contributed by atoms with Gasteiger partial charge in [-0.3, -0.25) is 14.6 Å². The Morgan fingerprint density at radius 3 is 2.90 bits per heavy atom. The van der Waals surface area contributed by atoms with Crippen molar-refractivity contribution in [1.82, 2.24) is 25.3 Å². The van der Waals surface area contributed by atoms with Gasteiger partial charge in [0, 0.05) is 18.8 Å². The van der Waals surface area contributed by atoms with Crippen LogP contribution in [0.4, 0.5) is 0 Å². The first-order chi connectivity index (χ1) is 9.61. The van der Waals surface area contributed by atoms with Gasteiger partial charge in [0.05, 0.1) is 11.9 Å². The van der Waals surface area contributed by atoms with Crippen LogP contribution in [0.25, 0.3) is 0 Å². The first-order valence-electron chi connectivity index (χ1n) is 6.93. The fraction of sp³-hybridized carbons (Fsp3) is 0.500. The summed E-state index contributed by atoms with van der Waals surface area (Å²) in [6.07, 6.45) is 3.65. The van der Waals surface area contributed by atoms with Crippen molar-refractivity contribution < 1.29 is 4.79 Å². The molecule has 0 aliphatic rings. The molecule has 20 heavy (non-hydrogen) atoms. The first kappa shape index (κ1) is 14.3. The van der Waals surface area contributed by atoms with Gasteiger partial charge in [-0.05, 0) is 45.2 Å². The predicted octanol–water partition coefficient (Wildman–Crippen LogP) is 1.61. The van der Waals surface area contributed by atoms with E-state index >= 15 is 0 Å². The maximum atomic E-state index is 12.1. The van der Waals surface area contributed by atoms with E-state index in [1.54, 1.807) is 4.68 Å². The Morgan fingerprint density at radius 1 is 1.45 bits per heavy atom. The van der Waals surface area contributed by atoms with Crippen molar-refractivity contribution in [3.63, 3.8) is 0 Å². The molecule has 0 atom stereocenters. The van der Waals surface area contributed by atoms with Crippen LogP contribution in [-0.2, 0) is 13.0 Å². The number of carbonyl (C=O) groups excluding carboxylic acids is 1. The lowest BCUT2D eigenvalue weighted by molar-refractivity contribution is 0.0942. The molecule has 2 heterocycles. The van der Waals surface area contributed by atoms with Crippen molar-refractivity contribution in [1.29, 1.82) is 0 Å². The van der Waals surface area contributed by atoms with Crippen LogP contribution in [0.2, 0.25) is 0 Å². The molecule has 0 saturated carbocycles. The minimum atomic E-state index is -0.0589. The number of rotatable bonds is 6. The highest BCUT2D eigenvalue weighted by atomic mass is 16.2. The van der Waals surface area contributed by atoms with Gasteiger partial charge in [-0.25, -0.2) is 0 Å². The summed E-state index contributed by atoms with van der Waals surface area (Å²) in [7, 11) is 0. The summed E-state index contributed by atoms with van der Waals surface area (Å²) in [5.41, 5.74) is 3.79. The average Bonchev–Trinajstić information content (AvgIpc) is 3.00. The van der Waals surface area contributed by atoms with Crippen LogP contribution in [0.15, 0.2) is 12.3 Å². The molecular formula is C14H21N5O. The summed E-state index contributed by atoms with van der Waals surface area (Å²) < 4.78 is 1.73. The molecule has 6 nitrogen and oxygen atoms in total. The molecule has 0 spiro atoms. The van der Waals surface area contributed by atoms with Gasteiger partial charge >= 0.3 is 0 Å². The third kappa shape index (κ3) is 3.26. The Bertz CT molecular complexity index is 584. The van der Waals surface area contributed by atoms with Crippen LogP contribution < -0.4 is 5.32 Å². The molecule has 0 radical (unpaired) electrons. The molecule has 0 unspecified atom stereocenters. The van der Waals surface area contributed by atoms with E-state index in [0.717, 1.165) is 24.2 Å². The van der Waals surface area contributed by atoms with Gasteiger partial charge in [-0.2, -0.15) is 10.2 Å². The standard InChI is InChI=1S/C14H21N5O/c1-4-19-13(8-10(2)18-19)14(20)15-7-5-6-12-9-16-17-11(12)3/h8-9H,4-7H2,1-3H3,(H,15,20)(H,16,17). The van der Waals surface area contributed by atoms with Crippen molar-refractivity contribution >= 4 is 5.91 Å². The normalized spacial score (nSPS) is 10.8. The van der Waals surface area contributed by atoms with E-state index in [4.69, 9.17) is 0 Å². The van der Waals surface area contributed by atoms with Crippen LogP contribution >= 0.6 is 0 Å². The fourth-order valence-corrected chi connectivity index (χ4v) is 2.17. The Morgan fingerprint density at radius 2 is 2.25 bits per heavy atom. The molecule has 2 N–H and O–H groups in total. The summed E-state index contributed by atoms with van der Waals surface area (Å²) in [4.78, 5) is 12.1. The minimum absolute atomic E-state index is 0.0589. The molecule has 0 saturated heterocycles. The number of hydrogen-bond donors (Lipinski definition) is 2. The van der Waals surface area contributed by atoms with Crippen molar-refractivity contribution in [3.8, 4) is 0 Å². The zero-order valence-electron chi connectivity index (χ0n) is 12.2. The summed E-state index contributed by atoms with van der Waals surface area (Å²) in [5.74, 6) is -0.0589. The van der Waals surface area contributed by atoms with E-state index in [9.17, 15) is 4.79 Å². The number of nitrogens with zero attached hydrogens (tertiary/aromatic N) is 3. The van der Waals surface area contributed by atoms with Gasteiger partial charge in [0.2, 0.25) is 0 Å². The summed E-state index contributed by atoms with van der Waals surface area (Å²) >= 11 is 0. The van der Waals surface area contributed by atoms with Crippen LogP contribution in [0, 0.1) is 13.8 Å². The number of hydrogen-bond acceptors (Lipinski definition) is 3. The van der Waals surface area contributed by atoms with E-state index in [1.807, 2.05) is 33.0 Å². The smallest absolute Gasteiger partial charge is 0.269 e. The average molecular weight is 275 g/mol. The first-order valence-corrected chi connectivity index (χ1v) is 6.93. The monoisotopic (exact) mass is 275 g/mol. The maximum Gasteiger partial charge on any atom is 0.269 e.